The summed E-state index contributed by atoms with van der Waals surface area (Å²) in [5.74, 6) is -0.366. The third-order valence-electron chi connectivity index (χ3n) is 1.23. The number of ether oxygens (including phenoxy) is 1. The summed E-state index contributed by atoms with van der Waals surface area (Å²) in [5, 5.41) is 13.1. The number of hydrogen-bond acceptors (Lipinski definition) is 4. The van der Waals surface area contributed by atoms with Crippen molar-refractivity contribution in [2.75, 3.05) is 19.7 Å². The van der Waals surface area contributed by atoms with E-state index in [1.165, 1.54) is 0 Å². The maximum atomic E-state index is 11.1. The first-order valence-electron chi connectivity index (χ1n) is 6.69. The van der Waals surface area contributed by atoms with Gasteiger partial charge in [0, 0.05) is 6.54 Å². The number of hydrogen-bond donors (Lipinski definition) is 3. The molecule has 0 bridgehead atoms. The van der Waals surface area contributed by atoms with Gasteiger partial charge in [0.25, 0.3) is 0 Å². The van der Waals surface area contributed by atoms with E-state index < -0.39 is 11.7 Å². The predicted molar refractivity (Wildman–Crippen MR) is 77.0 cm³/mol. The number of rotatable bonds is 4. The molecule has 0 spiro atoms. The van der Waals surface area contributed by atoms with Gasteiger partial charge in [-0.05, 0) is 20.8 Å². The highest BCUT2D eigenvalue weighted by atomic mass is 16.6. The molecule has 0 aliphatic carbocycles. The molecule has 19 heavy (non-hydrogen) atoms. The van der Waals surface area contributed by atoms with Crippen LogP contribution in [0.25, 0.3) is 0 Å². The molecular weight excluding hydrogens is 248 g/mol. The lowest BCUT2D eigenvalue weighted by atomic mass is 10.2. The van der Waals surface area contributed by atoms with Crippen LogP contribution in [0.4, 0.5) is 4.79 Å². The molecule has 6 nitrogen and oxygen atoms in total. The average Bonchev–Trinajstić information content (AvgIpc) is 2.36. The van der Waals surface area contributed by atoms with Crippen LogP contribution in [0.15, 0.2) is 0 Å². The standard InChI is InChI=1S/C9H18N2O4.2C2H6/c1-9(2,3)15-8(14)11-6-7(13)10-4-5-12;2*1-2/h12H,4-6H2,1-3H3,(H,10,13)(H,11,14);2*1-2H3. The van der Waals surface area contributed by atoms with E-state index in [1.54, 1.807) is 20.8 Å². The zero-order valence-corrected chi connectivity index (χ0v) is 13.3. The second-order valence-electron chi connectivity index (χ2n) is 3.93. The fourth-order valence-corrected chi connectivity index (χ4v) is 0.724. The van der Waals surface area contributed by atoms with Crippen LogP contribution in [0, 0.1) is 0 Å². The maximum absolute atomic E-state index is 11.1. The number of carbonyl (C=O) groups is 2. The predicted octanol–water partition coefficient (Wildman–Crippen LogP) is 1.67. The molecule has 2 amide bonds. The minimum Gasteiger partial charge on any atom is -0.444 e. The third-order valence-corrected chi connectivity index (χ3v) is 1.23. The molecule has 0 saturated carbocycles. The Bertz CT molecular complexity index is 225. The summed E-state index contributed by atoms with van der Waals surface area (Å²) in [4.78, 5) is 22.1. The minimum absolute atomic E-state index is 0.127. The van der Waals surface area contributed by atoms with Gasteiger partial charge < -0.3 is 20.5 Å². The highest BCUT2D eigenvalue weighted by molar-refractivity contribution is 5.82. The zero-order valence-electron chi connectivity index (χ0n) is 13.3. The summed E-state index contributed by atoms with van der Waals surface area (Å²) in [6, 6.07) is 0. The average molecular weight is 278 g/mol. The van der Waals surface area contributed by atoms with Crippen molar-refractivity contribution >= 4 is 12.0 Å². The number of nitrogens with one attached hydrogen (secondary N) is 2. The van der Waals surface area contributed by atoms with E-state index in [0.717, 1.165) is 0 Å². The summed E-state index contributed by atoms with van der Waals surface area (Å²) in [5.41, 5.74) is -0.578. The van der Waals surface area contributed by atoms with E-state index >= 15 is 0 Å². The summed E-state index contributed by atoms with van der Waals surface area (Å²) in [7, 11) is 0. The molecule has 0 radical (unpaired) electrons. The van der Waals surface area contributed by atoms with Crippen LogP contribution in [-0.4, -0.2) is 42.4 Å². The van der Waals surface area contributed by atoms with E-state index in [9.17, 15) is 9.59 Å². The van der Waals surface area contributed by atoms with Crippen molar-refractivity contribution in [2.45, 2.75) is 54.1 Å². The molecule has 0 rings (SSSR count). The van der Waals surface area contributed by atoms with Crippen LogP contribution < -0.4 is 10.6 Å². The van der Waals surface area contributed by atoms with Crippen molar-refractivity contribution in [1.29, 1.82) is 0 Å². The molecule has 0 aliphatic rings. The summed E-state index contributed by atoms with van der Waals surface area (Å²) < 4.78 is 4.91. The monoisotopic (exact) mass is 278 g/mol. The maximum Gasteiger partial charge on any atom is 0.408 e. The van der Waals surface area contributed by atoms with Crippen LogP contribution in [0.5, 0.6) is 0 Å². The van der Waals surface area contributed by atoms with Gasteiger partial charge >= 0.3 is 6.09 Å². The molecule has 0 saturated heterocycles. The lowest BCUT2D eigenvalue weighted by Gasteiger charge is -2.19. The van der Waals surface area contributed by atoms with Crippen molar-refractivity contribution in [1.82, 2.24) is 10.6 Å². The van der Waals surface area contributed by atoms with E-state index in [1.807, 2.05) is 27.7 Å². The molecule has 0 fully saturated rings. The van der Waals surface area contributed by atoms with Crippen molar-refractivity contribution in [3.05, 3.63) is 0 Å². The van der Waals surface area contributed by atoms with Crippen LogP contribution in [0.2, 0.25) is 0 Å². The molecule has 0 unspecified atom stereocenters. The number of alkyl carbamates (subject to hydrolysis) is 1. The van der Waals surface area contributed by atoms with Gasteiger partial charge in [-0.15, -0.1) is 0 Å². The molecule has 0 aromatic rings. The Hall–Kier alpha value is -1.30. The Kier molecular flexibility index (Phi) is 17.7. The van der Waals surface area contributed by atoms with Gasteiger partial charge in [0.05, 0.1) is 13.2 Å². The van der Waals surface area contributed by atoms with E-state index in [0.29, 0.717) is 0 Å². The molecule has 3 N–H and O–H groups in total. The Morgan fingerprint density at radius 2 is 1.53 bits per heavy atom. The summed E-state index contributed by atoms with van der Waals surface area (Å²) >= 11 is 0. The largest absolute Gasteiger partial charge is 0.444 e. The van der Waals surface area contributed by atoms with E-state index in [2.05, 4.69) is 10.6 Å². The SMILES string of the molecule is CC.CC.CC(C)(C)OC(=O)NCC(=O)NCCO. The molecule has 0 atom stereocenters. The topological polar surface area (TPSA) is 87.7 Å². The first-order valence-corrected chi connectivity index (χ1v) is 6.69. The minimum atomic E-state index is -0.637. The van der Waals surface area contributed by atoms with Crippen molar-refractivity contribution in [2.24, 2.45) is 0 Å². The quantitative estimate of drug-likeness (QED) is 0.730. The molecule has 0 heterocycles. The van der Waals surface area contributed by atoms with Gasteiger partial charge in [-0.1, -0.05) is 27.7 Å². The van der Waals surface area contributed by atoms with E-state index in [4.69, 9.17) is 9.84 Å². The highest BCUT2D eigenvalue weighted by Crippen LogP contribution is 2.05. The van der Waals surface area contributed by atoms with Crippen LogP contribution in [-0.2, 0) is 9.53 Å². The lowest BCUT2D eigenvalue weighted by molar-refractivity contribution is -0.120. The molecule has 0 aromatic heterocycles. The van der Waals surface area contributed by atoms with Gasteiger partial charge in [-0.25, -0.2) is 4.79 Å². The molecule has 6 heteroatoms. The Balaban J connectivity index is -0.000000579. The Morgan fingerprint density at radius 1 is 1.05 bits per heavy atom. The van der Waals surface area contributed by atoms with Gasteiger partial charge in [-0.3, -0.25) is 4.79 Å². The zero-order chi connectivity index (χ0) is 15.9. The number of aliphatic hydroxyl groups excluding tert-OH is 1. The van der Waals surface area contributed by atoms with Gasteiger partial charge in [0.2, 0.25) is 5.91 Å². The number of aliphatic hydroxyl groups is 1. The Labute approximate surface area is 116 Å². The Morgan fingerprint density at radius 3 is 1.89 bits per heavy atom. The molecule has 0 aliphatic heterocycles. The molecular formula is C13H30N2O4. The fourth-order valence-electron chi connectivity index (χ4n) is 0.724. The first-order chi connectivity index (χ1) is 8.85. The van der Waals surface area contributed by atoms with Crippen molar-refractivity contribution in [3.63, 3.8) is 0 Å². The molecule has 116 valence electrons. The summed E-state index contributed by atoms with van der Waals surface area (Å²) in [6.07, 6.45) is -0.637. The highest BCUT2D eigenvalue weighted by Gasteiger charge is 2.16. The van der Waals surface area contributed by atoms with E-state index in [-0.39, 0.29) is 25.6 Å². The van der Waals surface area contributed by atoms with Gasteiger partial charge in [-0.2, -0.15) is 0 Å². The normalized spacial score (nSPS) is 9.05. The first kappa shape index (κ1) is 22.8. The number of amides is 2. The van der Waals surface area contributed by atoms with Gasteiger partial charge in [0.15, 0.2) is 0 Å². The summed E-state index contributed by atoms with van der Waals surface area (Å²) in [6.45, 7) is 13.1. The number of carbonyl (C=O) groups excluding carboxylic acids is 2. The lowest BCUT2D eigenvalue weighted by Crippen LogP contribution is -2.40. The van der Waals surface area contributed by atoms with Crippen LogP contribution >= 0.6 is 0 Å². The second kappa shape index (κ2) is 14.8. The van der Waals surface area contributed by atoms with Gasteiger partial charge in [0.1, 0.15) is 5.60 Å². The van der Waals surface area contributed by atoms with Crippen molar-refractivity contribution < 1.29 is 19.4 Å². The fraction of sp³-hybridized carbons (Fsp3) is 0.846. The van der Waals surface area contributed by atoms with Crippen LogP contribution in [0.1, 0.15) is 48.5 Å². The van der Waals surface area contributed by atoms with Crippen molar-refractivity contribution in [3.8, 4) is 0 Å². The third kappa shape index (κ3) is 22.4. The molecule has 0 aromatic carbocycles. The smallest absolute Gasteiger partial charge is 0.408 e. The second-order valence-corrected chi connectivity index (χ2v) is 3.93. The van der Waals surface area contributed by atoms with Crippen LogP contribution in [0.3, 0.4) is 0 Å².